The van der Waals surface area contributed by atoms with Crippen LogP contribution in [0.3, 0.4) is 0 Å². The van der Waals surface area contributed by atoms with E-state index in [1.54, 1.807) is 32.3 Å². The summed E-state index contributed by atoms with van der Waals surface area (Å²) < 4.78 is 0. The Morgan fingerprint density at radius 2 is 1.47 bits per heavy atom. The molecule has 2 heteroatoms. The normalized spacial score (nSPS) is 18.4. The first-order chi connectivity index (χ1) is 13.9. The van der Waals surface area contributed by atoms with Crippen LogP contribution in [-0.4, -0.2) is 16.9 Å². The van der Waals surface area contributed by atoms with Gasteiger partial charge in [0, 0.05) is 0 Å². The highest BCUT2D eigenvalue weighted by Crippen LogP contribution is 2.39. The molecule has 0 amide bonds. The van der Waals surface area contributed by atoms with E-state index in [0.29, 0.717) is 5.92 Å². The minimum absolute atomic E-state index is 0.590. The van der Waals surface area contributed by atoms with Gasteiger partial charge in [-0.15, -0.1) is 0 Å². The molecule has 0 radical (unpaired) electrons. The fourth-order valence-electron chi connectivity index (χ4n) is 5.07. The van der Waals surface area contributed by atoms with Crippen molar-refractivity contribution in [2.45, 2.75) is 74.2 Å². The lowest BCUT2D eigenvalue weighted by molar-refractivity contribution is 0.812. The van der Waals surface area contributed by atoms with E-state index >= 15 is 0 Å². The fraction of sp³-hybridized carbons (Fsp3) is 0.429. The predicted molar refractivity (Wildman–Crippen MR) is 142 cm³/mol. The van der Waals surface area contributed by atoms with E-state index in [0.717, 1.165) is 0 Å². The van der Waals surface area contributed by atoms with Crippen LogP contribution >= 0.6 is 0 Å². The zero-order valence-corrected chi connectivity index (χ0v) is 23.0. The van der Waals surface area contributed by atoms with E-state index in [9.17, 15) is 0 Å². The van der Waals surface area contributed by atoms with Crippen molar-refractivity contribution in [2.75, 3.05) is 0 Å². The molecule has 1 aliphatic rings. The van der Waals surface area contributed by atoms with Crippen LogP contribution in [0.25, 0.3) is 0 Å². The topological polar surface area (TPSA) is 0 Å². The van der Waals surface area contributed by atoms with E-state index < -0.39 is 16.9 Å². The first-order valence-corrected chi connectivity index (χ1v) is 16.9. The minimum Gasteiger partial charge on any atom is -0.0656 e. The molecule has 160 valence electrons. The van der Waals surface area contributed by atoms with Crippen LogP contribution < -0.4 is 15.6 Å². The average Bonchev–Trinajstić information content (AvgIpc) is 2.83. The van der Waals surface area contributed by atoms with Crippen LogP contribution in [0, 0.1) is 26.7 Å². The number of allylic oxidation sites excluding steroid dienone is 4. The molecule has 0 N–H and O–H groups in total. The van der Waals surface area contributed by atoms with Gasteiger partial charge in [-0.25, -0.2) is 0 Å². The Morgan fingerprint density at radius 1 is 0.800 bits per heavy atom. The summed E-state index contributed by atoms with van der Waals surface area (Å²) in [5, 5.41) is 4.87. The molecule has 0 heterocycles. The smallest absolute Gasteiger partial charge is 0.0656 e. The maximum Gasteiger partial charge on any atom is 0.107 e. The molecular formula is C28H40Si2. The van der Waals surface area contributed by atoms with Crippen molar-refractivity contribution in [3.05, 3.63) is 75.4 Å². The zero-order valence-electron chi connectivity index (χ0n) is 20.8. The molecule has 0 spiro atoms. The SMILES string of the molecule is CC1=C(C)C(C)C(C[SiH](c2cc(C)cc([Si](C)(C)C)c2)c2ccc(C)cc2C)=C1C. The van der Waals surface area contributed by atoms with Gasteiger partial charge >= 0.3 is 0 Å². The van der Waals surface area contributed by atoms with Crippen molar-refractivity contribution in [1.29, 1.82) is 0 Å². The second kappa shape index (κ2) is 8.47. The molecule has 0 fully saturated rings. The number of rotatable bonds is 5. The van der Waals surface area contributed by atoms with Crippen molar-refractivity contribution in [3.8, 4) is 0 Å². The van der Waals surface area contributed by atoms with Crippen molar-refractivity contribution in [3.63, 3.8) is 0 Å². The molecule has 2 atom stereocenters. The molecule has 3 rings (SSSR count). The molecule has 2 aromatic carbocycles. The first kappa shape index (κ1) is 23.0. The van der Waals surface area contributed by atoms with E-state index in [4.69, 9.17) is 0 Å². The van der Waals surface area contributed by atoms with Crippen molar-refractivity contribution in [2.24, 2.45) is 5.92 Å². The van der Waals surface area contributed by atoms with Gasteiger partial charge in [-0.2, -0.15) is 0 Å². The maximum atomic E-state index is 2.60. The lowest BCUT2D eigenvalue weighted by atomic mass is 10.00. The van der Waals surface area contributed by atoms with E-state index in [-0.39, 0.29) is 0 Å². The summed E-state index contributed by atoms with van der Waals surface area (Å²) in [5.74, 6) is 0.590. The molecular weight excluding hydrogens is 392 g/mol. The predicted octanol–water partition coefficient (Wildman–Crippen LogP) is 5.80. The van der Waals surface area contributed by atoms with Crippen LogP contribution in [0.2, 0.25) is 25.7 Å². The summed E-state index contributed by atoms with van der Waals surface area (Å²) >= 11 is 0. The molecule has 0 aliphatic heterocycles. The third kappa shape index (κ3) is 4.50. The van der Waals surface area contributed by atoms with Crippen molar-refractivity contribution < 1.29 is 0 Å². The van der Waals surface area contributed by atoms with Gasteiger partial charge in [-0.05, 0) is 64.7 Å². The maximum absolute atomic E-state index is 2.60. The Kier molecular flexibility index (Phi) is 6.50. The lowest BCUT2D eigenvalue weighted by Gasteiger charge is -2.26. The Morgan fingerprint density at radius 3 is 2.00 bits per heavy atom. The van der Waals surface area contributed by atoms with Gasteiger partial charge in [0.15, 0.2) is 0 Å². The number of hydrogen-bond acceptors (Lipinski definition) is 0. The Bertz CT molecular complexity index is 1030. The van der Waals surface area contributed by atoms with Crippen LogP contribution in [0.15, 0.2) is 58.7 Å². The van der Waals surface area contributed by atoms with Crippen LogP contribution in [0.1, 0.15) is 44.4 Å². The van der Waals surface area contributed by atoms with Crippen LogP contribution in [-0.2, 0) is 0 Å². The Labute approximate surface area is 187 Å². The fourth-order valence-corrected chi connectivity index (χ4v) is 10.2. The number of aryl methyl sites for hydroxylation is 3. The average molecular weight is 433 g/mol. The second-order valence-corrected chi connectivity index (χ2v) is 18.6. The highest BCUT2D eigenvalue weighted by Gasteiger charge is 2.29. The molecule has 0 nitrogen and oxygen atoms in total. The quantitative estimate of drug-likeness (QED) is 0.524. The summed E-state index contributed by atoms with van der Waals surface area (Å²) in [6.45, 7) is 23.7. The second-order valence-electron chi connectivity index (χ2n) is 10.7. The molecule has 0 aromatic heterocycles. The highest BCUT2D eigenvalue weighted by molar-refractivity contribution is 6.90. The summed E-state index contributed by atoms with van der Waals surface area (Å²) in [7, 11) is -2.74. The molecule has 30 heavy (non-hydrogen) atoms. The lowest BCUT2D eigenvalue weighted by Crippen LogP contribution is -2.48. The van der Waals surface area contributed by atoms with E-state index in [1.165, 1.54) is 28.3 Å². The van der Waals surface area contributed by atoms with Gasteiger partial charge in [0.05, 0.1) is 8.07 Å². The zero-order chi connectivity index (χ0) is 22.4. The van der Waals surface area contributed by atoms with Gasteiger partial charge in [0.2, 0.25) is 0 Å². The highest BCUT2D eigenvalue weighted by atomic mass is 28.3. The summed E-state index contributed by atoms with van der Waals surface area (Å²) in [4.78, 5) is 0. The first-order valence-electron chi connectivity index (χ1n) is 11.5. The summed E-state index contributed by atoms with van der Waals surface area (Å²) in [5.41, 5.74) is 10.6. The third-order valence-corrected chi connectivity index (χ3v) is 12.8. The van der Waals surface area contributed by atoms with E-state index in [1.807, 2.05) is 0 Å². The van der Waals surface area contributed by atoms with Gasteiger partial charge in [-0.1, -0.05) is 106 Å². The standard InChI is InChI=1S/C28H40Si2/c1-18-11-12-28(20(3)13-18)29(17-27-23(6)21(4)22(5)24(27)7)25-14-19(2)15-26(16-25)30(8,9)10/h11-16,23,29H,17H2,1-10H3. The summed E-state index contributed by atoms with van der Waals surface area (Å²) in [6, 6.07) is 16.0. The van der Waals surface area contributed by atoms with Gasteiger partial charge < -0.3 is 0 Å². The number of benzene rings is 2. The molecule has 1 aliphatic carbocycles. The molecule has 2 unspecified atom stereocenters. The summed E-state index contributed by atoms with van der Waals surface area (Å²) in [6.07, 6.45) is 0. The Hall–Kier alpha value is -1.65. The Balaban J connectivity index is 2.16. The third-order valence-electron chi connectivity index (χ3n) is 7.40. The monoisotopic (exact) mass is 432 g/mol. The number of hydrogen-bond donors (Lipinski definition) is 0. The van der Waals surface area contributed by atoms with Gasteiger partial charge in [0.25, 0.3) is 0 Å². The minimum atomic E-state index is -1.39. The molecule has 2 aromatic rings. The van der Waals surface area contributed by atoms with Crippen molar-refractivity contribution >= 4 is 32.4 Å². The van der Waals surface area contributed by atoms with E-state index in [2.05, 4.69) is 105 Å². The van der Waals surface area contributed by atoms with Gasteiger partial charge in [0.1, 0.15) is 8.80 Å². The molecule has 0 saturated heterocycles. The largest absolute Gasteiger partial charge is 0.107 e. The molecule has 0 saturated carbocycles. The van der Waals surface area contributed by atoms with Crippen molar-refractivity contribution in [1.82, 2.24) is 0 Å². The van der Waals surface area contributed by atoms with Crippen LogP contribution in [0.4, 0.5) is 0 Å². The van der Waals surface area contributed by atoms with Crippen LogP contribution in [0.5, 0.6) is 0 Å². The molecule has 0 bridgehead atoms. The van der Waals surface area contributed by atoms with Gasteiger partial charge in [-0.3, -0.25) is 0 Å².